The maximum atomic E-state index is 12.3. The maximum absolute atomic E-state index is 12.3. The van der Waals surface area contributed by atoms with E-state index in [1.54, 1.807) is 18.3 Å². The van der Waals surface area contributed by atoms with Crippen LogP contribution in [0.3, 0.4) is 0 Å². The Morgan fingerprint density at radius 3 is 2.04 bits per heavy atom. The fourth-order valence-corrected chi connectivity index (χ4v) is 2.90. The molecule has 0 bridgehead atoms. The number of carbonyl (C=O) groups is 2. The van der Waals surface area contributed by atoms with Crippen molar-refractivity contribution in [1.82, 2.24) is 0 Å². The number of benzene rings is 3. The van der Waals surface area contributed by atoms with E-state index in [0.29, 0.717) is 18.4 Å². The molecule has 3 rings (SSSR count). The minimum atomic E-state index is -0.0366. The van der Waals surface area contributed by atoms with Crippen LogP contribution in [0.15, 0.2) is 83.9 Å². The summed E-state index contributed by atoms with van der Waals surface area (Å²) in [6.45, 7) is 2.14. The summed E-state index contributed by atoms with van der Waals surface area (Å²) in [5.74, 6) is 0.124. The normalized spacial score (nSPS) is 10.9. The predicted octanol–water partition coefficient (Wildman–Crippen LogP) is 4.65. The Kier molecular flexibility index (Phi) is 6.64. The van der Waals surface area contributed by atoms with E-state index in [0.717, 1.165) is 16.7 Å². The van der Waals surface area contributed by atoms with Gasteiger partial charge in [-0.2, -0.15) is 0 Å². The summed E-state index contributed by atoms with van der Waals surface area (Å²) < 4.78 is 0. The molecule has 0 unspecified atom stereocenters. The molecule has 0 heterocycles. The summed E-state index contributed by atoms with van der Waals surface area (Å²) in [5.41, 5.74) is 4.72. The van der Waals surface area contributed by atoms with Gasteiger partial charge in [-0.15, -0.1) is 0 Å². The Morgan fingerprint density at radius 2 is 1.39 bits per heavy atom. The van der Waals surface area contributed by atoms with E-state index < -0.39 is 0 Å². The highest BCUT2D eigenvalue weighted by molar-refractivity contribution is 5.98. The lowest BCUT2D eigenvalue weighted by molar-refractivity contribution is -0.117. The molecule has 0 amide bonds. The second-order valence-electron chi connectivity index (χ2n) is 6.88. The van der Waals surface area contributed by atoms with Crippen LogP contribution in [0.4, 0.5) is 0 Å². The third-order valence-electron chi connectivity index (χ3n) is 4.47. The molecule has 0 radical (unpaired) electrons. The summed E-state index contributed by atoms with van der Waals surface area (Å²) in [5, 5.41) is 0. The summed E-state index contributed by atoms with van der Waals surface area (Å²) >= 11 is 0. The molecule has 3 nitrogen and oxygen atoms in total. The van der Waals surface area contributed by atoms with Gasteiger partial charge in [-0.1, -0.05) is 84.4 Å². The molecule has 3 heteroatoms. The quantitative estimate of drug-likeness (QED) is 0.428. The highest BCUT2D eigenvalue weighted by atomic mass is 16.1. The maximum Gasteiger partial charge on any atom is 0.184 e. The zero-order valence-corrected chi connectivity index (χ0v) is 16.0. The first-order valence-corrected chi connectivity index (χ1v) is 9.34. The molecule has 28 heavy (non-hydrogen) atoms. The van der Waals surface area contributed by atoms with Crippen LogP contribution in [-0.2, 0) is 17.6 Å². The van der Waals surface area contributed by atoms with Crippen LogP contribution in [0, 0.1) is 6.92 Å². The number of Topliss-reactive ketones (excluding diaryl/α,β-unsaturated/α-hetero) is 2. The van der Waals surface area contributed by atoms with Crippen LogP contribution >= 0.6 is 0 Å². The molecule has 0 N–H and O–H groups in total. The van der Waals surface area contributed by atoms with Gasteiger partial charge in [0.05, 0.1) is 0 Å². The fourth-order valence-electron chi connectivity index (χ4n) is 2.90. The average molecular weight is 369 g/mol. The van der Waals surface area contributed by atoms with Crippen molar-refractivity contribution in [2.24, 2.45) is 4.99 Å². The predicted molar refractivity (Wildman–Crippen MR) is 113 cm³/mol. The van der Waals surface area contributed by atoms with Gasteiger partial charge in [-0.3, -0.25) is 14.6 Å². The van der Waals surface area contributed by atoms with Crippen LogP contribution in [-0.4, -0.2) is 24.3 Å². The molecular formula is C25H23NO2. The van der Waals surface area contributed by atoms with E-state index in [1.165, 1.54) is 5.56 Å². The Labute approximate surface area is 165 Å². The minimum Gasteiger partial charge on any atom is -0.299 e. The standard InChI is InChI=1S/C25H23NO2/c1-19-7-9-22(10-8-19)17-26-18-25(28)23-13-11-21(12-14-23)16-24(27)15-20-5-3-2-4-6-20/h2-14,17H,15-16,18H2,1H3. The second-order valence-corrected chi connectivity index (χ2v) is 6.88. The lowest BCUT2D eigenvalue weighted by Gasteiger charge is -2.04. The smallest absolute Gasteiger partial charge is 0.184 e. The van der Waals surface area contributed by atoms with Gasteiger partial charge in [0, 0.05) is 24.6 Å². The van der Waals surface area contributed by atoms with Crippen LogP contribution < -0.4 is 0 Å². The number of hydrogen-bond acceptors (Lipinski definition) is 3. The number of nitrogens with zero attached hydrogens (tertiary/aromatic N) is 1. The molecule has 0 saturated carbocycles. The third-order valence-corrected chi connectivity index (χ3v) is 4.47. The molecule has 140 valence electrons. The lowest BCUT2D eigenvalue weighted by Crippen LogP contribution is -2.07. The SMILES string of the molecule is Cc1ccc(C=NCC(=O)c2ccc(CC(=O)Cc3ccccc3)cc2)cc1. The first-order chi connectivity index (χ1) is 13.6. The van der Waals surface area contributed by atoms with E-state index in [4.69, 9.17) is 0 Å². The van der Waals surface area contributed by atoms with Crippen molar-refractivity contribution < 1.29 is 9.59 Å². The molecule has 0 spiro atoms. The highest BCUT2D eigenvalue weighted by Gasteiger charge is 2.08. The van der Waals surface area contributed by atoms with Crippen molar-refractivity contribution in [3.05, 3.63) is 107 Å². The van der Waals surface area contributed by atoms with Gasteiger partial charge in [0.25, 0.3) is 0 Å². The van der Waals surface area contributed by atoms with E-state index in [2.05, 4.69) is 4.99 Å². The van der Waals surface area contributed by atoms with E-state index in [1.807, 2.05) is 73.7 Å². The molecular weight excluding hydrogens is 346 g/mol. The van der Waals surface area contributed by atoms with Gasteiger partial charge >= 0.3 is 0 Å². The van der Waals surface area contributed by atoms with Gasteiger partial charge in [-0.05, 0) is 23.6 Å². The third kappa shape index (κ3) is 5.85. The van der Waals surface area contributed by atoms with E-state index in [9.17, 15) is 9.59 Å². The molecule has 0 aliphatic heterocycles. The number of aliphatic imine (C=N–C) groups is 1. The molecule has 0 aliphatic carbocycles. The van der Waals surface area contributed by atoms with Crippen molar-refractivity contribution >= 4 is 17.8 Å². The van der Waals surface area contributed by atoms with E-state index in [-0.39, 0.29) is 18.1 Å². The molecule has 0 atom stereocenters. The summed E-state index contributed by atoms with van der Waals surface area (Å²) in [7, 11) is 0. The van der Waals surface area contributed by atoms with Crippen molar-refractivity contribution in [1.29, 1.82) is 0 Å². The zero-order chi connectivity index (χ0) is 19.8. The number of hydrogen-bond donors (Lipinski definition) is 0. The highest BCUT2D eigenvalue weighted by Crippen LogP contribution is 2.09. The summed E-state index contributed by atoms with van der Waals surface area (Å²) in [4.78, 5) is 28.7. The van der Waals surface area contributed by atoms with Crippen molar-refractivity contribution in [2.75, 3.05) is 6.54 Å². The van der Waals surface area contributed by atoms with Crippen LogP contribution in [0.25, 0.3) is 0 Å². The van der Waals surface area contributed by atoms with Gasteiger partial charge < -0.3 is 0 Å². The monoisotopic (exact) mass is 369 g/mol. The van der Waals surface area contributed by atoms with Gasteiger partial charge in [-0.25, -0.2) is 0 Å². The Morgan fingerprint density at radius 1 is 0.786 bits per heavy atom. The molecule has 0 fully saturated rings. The molecule has 0 aromatic heterocycles. The second kappa shape index (κ2) is 9.56. The topological polar surface area (TPSA) is 46.5 Å². The lowest BCUT2D eigenvalue weighted by atomic mass is 10.0. The number of ketones is 2. The van der Waals surface area contributed by atoms with Crippen LogP contribution in [0.5, 0.6) is 0 Å². The Balaban J connectivity index is 1.52. The van der Waals surface area contributed by atoms with Crippen molar-refractivity contribution in [3.8, 4) is 0 Å². The van der Waals surface area contributed by atoms with E-state index >= 15 is 0 Å². The first-order valence-electron chi connectivity index (χ1n) is 9.34. The number of carbonyl (C=O) groups excluding carboxylic acids is 2. The van der Waals surface area contributed by atoms with Gasteiger partial charge in [0.1, 0.15) is 12.3 Å². The minimum absolute atomic E-state index is 0.0366. The Hall–Kier alpha value is -3.33. The summed E-state index contributed by atoms with van der Waals surface area (Å²) in [6.07, 6.45) is 2.51. The molecule has 0 saturated heterocycles. The fraction of sp³-hybridized carbons (Fsp3) is 0.160. The van der Waals surface area contributed by atoms with Gasteiger partial charge in [0.15, 0.2) is 5.78 Å². The van der Waals surface area contributed by atoms with Crippen molar-refractivity contribution in [2.45, 2.75) is 19.8 Å². The molecule has 0 aliphatic rings. The largest absolute Gasteiger partial charge is 0.299 e. The average Bonchev–Trinajstić information content (AvgIpc) is 2.70. The van der Waals surface area contributed by atoms with Gasteiger partial charge in [0.2, 0.25) is 0 Å². The Bertz CT molecular complexity index is 956. The molecule has 3 aromatic rings. The van der Waals surface area contributed by atoms with Crippen LogP contribution in [0.2, 0.25) is 0 Å². The van der Waals surface area contributed by atoms with Crippen LogP contribution in [0.1, 0.15) is 32.6 Å². The van der Waals surface area contributed by atoms with Crippen molar-refractivity contribution in [3.63, 3.8) is 0 Å². The first kappa shape index (κ1) is 19.4. The molecule has 3 aromatic carbocycles. The zero-order valence-electron chi connectivity index (χ0n) is 16.0. The summed E-state index contributed by atoms with van der Waals surface area (Å²) in [6, 6.07) is 24.9. The number of rotatable bonds is 8. The number of aryl methyl sites for hydroxylation is 1.